The highest BCUT2D eigenvalue weighted by atomic mass is 16.8. The smallest absolute Gasteiger partial charge is 0.357 e. The summed E-state index contributed by atoms with van der Waals surface area (Å²) in [4.78, 5) is 17.9. The van der Waals surface area contributed by atoms with Crippen LogP contribution < -0.4 is 0 Å². The van der Waals surface area contributed by atoms with Crippen molar-refractivity contribution >= 4 is 22.8 Å². The molecule has 0 N–H and O–H groups in total. The standard InChI is InChI=1S/C31H39N3O8/c1-33-20-11-5-6-12-21(20)34-23(27(35)36-2)19(32-29(33)34)17-37-28-26-25(41-31(42-26)15-9-4-10-16-31)24(39-28)22-18-38-30(40-22)13-7-3-8-14-30/h5-6,11-12,22,24-26,28H,3-4,7-10,13-18H2,1-2H3/t22-,24+,25+,26-,28+/m0/s1. The lowest BCUT2D eigenvalue weighted by molar-refractivity contribution is -0.270. The zero-order valence-electron chi connectivity index (χ0n) is 24.3. The Bertz CT molecular complexity index is 1490. The first-order chi connectivity index (χ1) is 20.5. The van der Waals surface area contributed by atoms with Gasteiger partial charge < -0.3 is 37.7 Å². The Morgan fingerprint density at radius 1 is 0.929 bits per heavy atom. The maximum Gasteiger partial charge on any atom is 0.357 e. The second-order valence-corrected chi connectivity index (χ2v) is 12.4. The van der Waals surface area contributed by atoms with Crippen molar-refractivity contribution in [2.75, 3.05) is 13.7 Å². The molecule has 0 unspecified atom stereocenters. The van der Waals surface area contributed by atoms with Gasteiger partial charge in [-0.2, -0.15) is 0 Å². The van der Waals surface area contributed by atoms with Crippen LogP contribution in [0.25, 0.3) is 16.8 Å². The lowest BCUT2D eigenvalue weighted by Gasteiger charge is -2.35. The third-order valence-corrected chi connectivity index (χ3v) is 9.86. The Kier molecular flexibility index (Phi) is 6.62. The molecule has 5 aliphatic rings. The van der Waals surface area contributed by atoms with E-state index in [4.69, 9.17) is 38.1 Å². The Hall–Kier alpha value is -2.54. The number of imidazole rings is 2. The van der Waals surface area contributed by atoms with Gasteiger partial charge in [0.1, 0.15) is 30.1 Å². The minimum Gasteiger partial charge on any atom is -0.464 e. The van der Waals surface area contributed by atoms with E-state index in [1.807, 2.05) is 40.3 Å². The molecule has 2 saturated carbocycles. The first-order valence-corrected chi connectivity index (χ1v) is 15.5. The van der Waals surface area contributed by atoms with Crippen molar-refractivity contribution in [1.29, 1.82) is 0 Å². The van der Waals surface area contributed by atoms with Gasteiger partial charge >= 0.3 is 5.97 Å². The summed E-state index contributed by atoms with van der Waals surface area (Å²) in [7, 11) is 3.31. The van der Waals surface area contributed by atoms with Gasteiger partial charge in [-0.15, -0.1) is 0 Å². The molecule has 3 aromatic rings. The van der Waals surface area contributed by atoms with Crippen molar-refractivity contribution in [3.05, 3.63) is 35.7 Å². The summed E-state index contributed by atoms with van der Waals surface area (Å²) in [6.07, 6.45) is 8.18. The van der Waals surface area contributed by atoms with E-state index in [2.05, 4.69) is 0 Å². The van der Waals surface area contributed by atoms with Gasteiger partial charge in [-0.05, 0) is 37.8 Å². The quantitative estimate of drug-likeness (QED) is 0.406. The highest BCUT2D eigenvalue weighted by Gasteiger charge is 2.62. The zero-order valence-corrected chi connectivity index (χ0v) is 24.3. The van der Waals surface area contributed by atoms with E-state index in [1.54, 1.807) is 0 Å². The fraction of sp³-hybridized carbons (Fsp3) is 0.677. The van der Waals surface area contributed by atoms with Gasteiger partial charge in [-0.3, -0.25) is 4.40 Å². The molecular formula is C31H39N3O8. The molecule has 3 saturated heterocycles. The maximum atomic E-state index is 13.1. The molecule has 0 bridgehead atoms. The Balaban J connectivity index is 1.08. The van der Waals surface area contributed by atoms with Crippen molar-refractivity contribution in [2.24, 2.45) is 7.05 Å². The number of ether oxygens (including phenoxy) is 7. The summed E-state index contributed by atoms with van der Waals surface area (Å²) >= 11 is 0. The molecule has 0 radical (unpaired) electrons. The van der Waals surface area contributed by atoms with Gasteiger partial charge in [0, 0.05) is 32.7 Å². The monoisotopic (exact) mass is 581 g/mol. The maximum absolute atomic E-state index is 13.1. The predicted molar refractivity (Wildman–Crippen MR) is 149 cm³/mol. The molecule has 0 amide bonds. The number of rotatable bonds is 5. The van der Waals surface area contributed by atoms with Crippen molar-refractivity contribution in [2.45, 2.75) is 113 Å². The van der Waals surface area contributed by atoms with Crippen LogP contribution in [0.15, 0.2) is 24.3 Å². The van der Waals surface area contributed by atoms with Crippen LogP contribution in [-0.2, 0) is 46.8 Å². The van der Waals surface area contributed by atoms with Crippen molar-refractivity contribution in [3.63, 3.8) is 0 Å². The van der Waals surface area contributed by atoms with Crippen LogP contribution in [0, 0.1) is 0 Å². The topological polar surface area (TPSA) is 104 Å². The van der Waals surface area contributed by atoms with Crippen LogP contribution in [-0.4, -0.2) is 75.9 Å². The molecular weight excluding hydrogens is 542 g/mol. The molecule has 42 heavy (non-hydrogen) atoms. The number of esters is 1. The van der Waals surface area contributed by atoms with E-state index in [-0.39, 0.29) is 24.9 Å². The Morgan fingerprint density at radius 2 is 1.62 bits per heavy atom. The molecule has 3 aliphatic heterocycles. The molecule has 5 atom stereocenters. The van der Waals surface area contributed by atoms with Gasteiger partial charge in [-0.1, -0.05) is 25.0 Å². The summed E-state index contributed by atoms with van der Waals surface area (Å²) in [5, 5.41) is 0. The van der Waals surface area contributed by atoms with Crippen molar-refractivity contribution in [3.8, 4) is 0 Å². The molecule has 226 valence electrons. The number of fused-ring (bicyclic) bond motifs is 4. The van der Waals surface area contributed by atoms with Crippen LogP contribution in [0.1, 0.15) is 80.4 Å². The second kappa shape index (κ2) is 10.3. The molecule has 2 aliphatic carbocycles. The fourth-order valence-corrected chi connectivity index (χ4v) is 7.80. The number of methoxy groups -OCH3 is 1. The Morgan fingerprint density at radius 3 is 2.36 bits per heavy atom. The van der Waals surface area contributed by atoms with Crippen LogP contribution in [0.4, 0.5) is 0 Å². The lowest BCUT2D eigenvalue weighted by atomic mass is 9.94. The summed E-state index contributed by atoms with van der Waals surface area (Å²) in [6.45, 7) is 0.506. The summed E-state index contributed by atoms with van der Waals surface area (Å²) in [6, 6.07) is 7.87. The SMILES string of the molecule is COC(=O)c1c(CO[C@@H]2O[C@H]([C@@H]3COC4(CCCCC4)O3)[C@H]3OC4(CCCCC4)O[C@H]23)nc2n(C)c3ccccc3n12. The second-order valence-electron chi connectivity index (χ2n) is 12.4. The van der Waals surface area contributed by atoms with E-state index in [9.17, 15) is 4.79 Å². The minimum absolute atomic E-state index is 0.0450. The largest absolute Gasteiger partial charge is 0.464 e. The van der Waals surface area contributed by atoms with Gasteiger partial charge in [-0.25, -0.2) is 9.78 Å². The number of aryl methyl sites for hydroxylation is 1. The number of carbonyl (C=O) groups is 1. The number of para-hydroxylation sites is 2. The normalized spacial score (nSPS) is 31.9. The number of carbonyl (C=O) groups excluding carboxylic acids is 1. The lowest BCUT2D eigenvalue weighted by Crippen LogP contribution is -2.43. The van der Waals surface area contributed by atoms with E-state index >= 15 is 0 Å². The number of hydrogen-bond acceptors (Lipinski definition) is 9. The first kappa shape index (κ1) is 27.0. The third-order valence-electron chi connectivity index (χ3n) is 9.86. The van der Waals surface area contributed by atoms with E-state index < -0.39 is 29.9 Å². The van der Waals surface area contributed by atoms with Crippen LogP contribution in [0.5, 0.6) is 0 Å². The molecule has 5 fully saturated rings. The molecule has 5 heterocycles. The summed E-state index contributed by atoms with van der Waals surface area (Å²) in [5.74, 6) is -0.971. The predicted octanol–water partition coefficient (Wildman–Crippen LogP) is 4.37. The molecule has 11 heteroatoms. The highest BCUT2D eigenvalue weighted by Crippen LogP contribution is 2.49. The van der Waals surface area contributed by atoms with Crippen molar-refractivity contribution in [1.82, 2.24) is 14.0 Å². The zero-order chi connectivity index (χ0) is 28.5. The van der Waals surface area contributed by atoms with Crippen LogP contribution in [0.3, 0.4) is 0 Å². The average molecular weight is 582 g/mol. The van der Waals surface area contributed by atoms with E-state index in [0.717, 1.165) is 62.4 Å². The van der Waals surface area contributed by atoms with Gasteiger partial charge in [0.25, 0.3) is 0 Å². The third kappa shape index (κ3) is 4.23. The molecule has 2 aromatic heterocycles. The number of aromatic nitrogens is 3. The molecule has 11 nitrogen and oxygen atoms in total. The molecule has 1 aromatic carbocycles. The summed E-state index contributed by atoms with van der Waals surface area (Å²) in [5.41, 5.74) is 2.66. The fourth-order valence-electron chi connectivity index (χ4n) is 7.80. The Labute approximate surface area is 244 Å². The number of hydrogen-bond donors (Lipinski definition) is 0. The van der Waals surface area contributed by atoms with Gasteiger partial charge in [0.2, 0.25) is 5.78 Å². The number of benzene rings is 1. The van der Waals surface area contributed by atoms with E-state index in [1.165, 1.54) is 20.0 Å². The number of nitrogens with zero attached hydrogens (tertiary/aromatic N) is 3. The highest BCUT2D eigenvalue weighted by molar-refractivity contribution is 5.93. The first-order valence-electron chi connectivity index (χ1n) is 15.5. The van der Waals surface area contributed by atoms with Gasteiger partial charge in [0.15, 0.2) is 23.6 Å². The average Bonchev–Trinajstić information content (AvgIpc) is 3.81. The van der Waals surface area contributed by atoms with E-state index in [0.29, 0.717) is 23.8 Å². The minimum atomic E-state index is -0.708. The van der Waals surface area contributed by atoms with Crippen LogP contribution in [0.2, 0.25) is 0 Å². The molecule has 2 spiro atoms. The van der Waals surface area contributed by atoms with Crippen molar-refractivity contribution < 1.29 is 38.0 Å². The molecule has 8 rings (SSSR count). The van der Waals surface area contributed by atoms with Gasteiger partial charge in [0.05, 0.1) is 31.4 Å². The summed E-state index contributed by atoms with van der Waals surface area (Å²) < 4.78 is 48.2. The van der Waals surface area contributed by atoms with Crippen LogP contribution >= 0.6 is 0 Å².